The Bertz CT molecular complexity index is 893. The van der Waals surface area contributed by atoms with Gasteiger partial charge >= 0.3 is 0 Å². The normalized spacial score (nSPS) is 20.5. The smallest absolute Gasteiger partial charge is 0.274 e. The van der Waals surface area contributed by atoms with Gasteiger partial charge in [0.05, 0.1) is 12.9 Å². The number of hydrogen-bond donors (Lipinski definition) is 0. The highest BCUT2D eigenvalue weighted by Crippen LogP contribution is 2.22. The number of aryl methyl sites for hydroxylation is 1. The zero-order valence-corrected chi connectivity index (χ0v) is 16.9. The van der Waals surface area contributed by atoms with Crippen LogP contribution >= 0.6 is 0 Å². The van der Waals surface area contributed by atoms with Crippen LogP contribution in [0.15, 0.2) is 36.8 Å². The molecule has 0 N–H and O–H groups in total. The van der Waals surface area contributed by atoms with Gasteiger partial charge in [-0.05, 0) is 37.1 Å². The van der Waals surface area contributed by atoms with Gasteiger partial charge in [-0.15, -0.1) is 0 Å². The molecule has 8 nitrogen and oxygen atoms in total. The van der Waals surface area contributed by atoms with Gasteiger partial charge in [0.25, 0.3) is 5.91 Å². The Balaban J connectivity index is 1.29. The largest absolute Gasteiger partial charge is 0.491 e. The minimum absolute atomic E-state index is 0.0184. The predicted octanol–water partition coefficient (Wildman–Crippen LogP) is 1.47. The Morgan fingerprint density at radius 2 is 2.00 bits per heavy atom. The molecular weight excluding hydrogens is 391 g/mol. The van der Waals surface area contributed by atoms with Gasteiger partial charge in [-0.3, -0.25) is 9.59 Å². The summed E-state index contributed by atoms with van der Waals surface area (Å²) in [5, 5.41) is 0. The molecule has 0 bridgehead atoms. The lowest BCUT2D eigenvalue weighted by Gasteiger charge is -2.42. The van der Waals surface area contributed by atoms with E-state index in [1.54, 1.807) is 34.1 Å². The molecule has 3 heterocycles. The molecule has 4 rings (SSSR count). The minimum atomic E-state index is -0.319. The molecule has 0 saturated carbocycles. The van der Waals surface area contributed by atoms with E-state index in [9.17, 15) is 14.0 Å². The molecule has 2 fully saturated rings. The number of halogens is 1. The molecular formula is C21H25FN4O4. The summed E-state index contributed by atoms with van der Waals surface area (Å²) < 4.78 is 26.0. The average molecular weight is 416 g/mol. The summed E-state index contributed by atoms with van der Waals surface area (Å²) in [6.07, 6.45) is 4.51. The molecule has 9 heteroatoms. The molecule has 1 atom stereocenters. The Morgan fingerprint density at radius 1 is 1.27 bits per heavy atom. The SMILES string of the molecule is Cn1cnc(C(=O)N2CCC(N3CC(COc4ccc(F)cc4)OCC3=O)CC2)c1. The topological polar surface area (TPSA) is 76.9 Å². The summed E-state index contributed by atoms with van der Waals surface area (Å²) in [4.78, 5) is 32.7. The number of rotatable bonds is 5. The highest BCUT2D eigenvalue weighted by molar-refractivity contribution is 5.92. The van der Waals surface area contributed by atoms with Gasteiger partial charge in [0.15, 0.2) is 0 Å². The Morgan fingerprint density at radius 3 is 2.67 bits per heavy atom. The number of hydrogen-bond acceptors (Lipinski definition) is 5. The van der Waals surface area contributed by atoms with Gasteiger partial charge in [0.2, 0.25) is 5.91 Å². The molecule has 0 spiro atoms. The van der Waals surface area contributed by atoms with Crippen molar-refractivity contribution in [2.45, 2.75) is 25.0 Å². The molecule has 2 saturated heterocycles. The number of likely N-dealkylation sites (tertiary alicyclic amines) is 1. The van der Waals surface area contributed by atoms with Crippen LogP contribution in [0.4, 0.5) is 4.39 Å². The van der Waals surface area contributed by atoms with Crippen LogP contribution in [-0.4, -0.2) is 76.2 Å². The van der Waals surface area contributed by atoms with Crippen molar-refractivity contribution in [3.8, 4) is 5.75 Å². The monoisotopic (exact) mass is 416 g/mol. The maximum atomic E-state index is 13.0. The molecule has 2 aromatic rings. The predicted molar refractivity (Wildman–Crippen MR) is 105 cm³/mol. The molecule has 0 radical (unpaired) electrons. The Labute approximate surface area is 174 Å². The van der Waals surface area contributed by atoms with Crippen LogP contribution in [0.1, 0.15) is 23.3 Å². The first kappa shape index (κ1) is 20.3. The second-order valence-electron chi connectivity index (χ2n) is 7.69. The average Bonchev–Trinajstić information content (AvgIpc) is 3.20. The molecule has 2 aliphatic heterocycles. The molecule has 160 valence electrons. The van der Waals surface area contributed by atoms with Crippen molar-refractivity contribution in [1.82, 2.24) is 19.4 Å². The molecule has 2 amide bonds. The van der Waals surface area contributed by atoms with E-state index in [-0.39, 0.29) is 43.0 Å². The van der Waals surface area contributed by atoms with E-state index >= 15 is 0 Å². The molecule has 1 unspecified atom stereocenters. The van der Waals surface area contributed by atoms with Gasteiger partial charge in [-0.25, -0.2) is 9.37 Å². The number of benzene rings is 1. The third kappa shape index (κ3) is 4.62. The van der Waals surface area contributed by atoms with Gasteiger partial charge in [-0.2, -0.15) is 0 Å². The number of ether oxygens (including phenoxy) is 2. The Kier molecular flexibility index (Phi) is 5.98. The van der Waals surface area contributed by atoms with Gasteiger partial charge in [-0.1, -0.05) is 0 Å². The van der Waals surface area contributed by atoms with Crippen LogP contribution in [0.2, 0.25) is 0 Å². The maximum Gasteiger partial charge on any atom is 0.274 e. The van der Waals surface area contributed by atoms with Crippen molar-refractivity contribution in [3.63, 3.8) is 0 Å². The van der Waals surface area contributed by atoms with Crippen LogP contribution in [0.3, 0.4) is 0 Å². The third-order valence-corrected chi connectivity index (χ3v) is 5.53. The lowest BCUT2D eigenvalue weighted by molar-refractivity contribution is -0.155. The van der Waals surface area contributed by atoms with Crippen molar-refractivity contribution in [1.29, 1.82) is 0 Å². The molecule has 2 aliphatic rings. The molecule has 0 aliphatic carbocycles. The van der Waals surface area contributed by atoms with Crippen LogP contribution in [0.5, 0.6) is 5.75 Å². The second-order valence-corrected chi connectivity index (χ2v) is 7.69. The van der Waals surface area contributed by atoms with Crippen molar-refractivity contribution in [2.24, 2.45) is 7.05 Å². The number of aromatic nitrogens is 2. The summed E-state index contributed by atoms with van der Waals surface area (Å²) in [5.41, 5.74) is 0.441. The highest BCUT2D eigenvalue weighted by atomic mass is 19.1. The first-order valence-corrected chi connectivity index (χ1v) is 10.1. The van der Waals surface area contributed by atoms with Crippen LogP contribution in [0, 0.1) is 5.82 Å². The number of morpholine rings is 1. The summed E-state index contributed by atoms with van der Waals surface area (Å²) in [6, 6.07) is 5.88. The lowest BCUT2D eigenvalue weighted by atomic mass is 10.0. The standard InChI is InChI=1S/C21H25FN4O4/c1-24-11-19(23-14-24)21(28)25-8-6-16(7-9-25)26-10-18(30-13-20(26)27)12-29-17-4-2-15(22)3-5-17/h2-5,11,14,16,18H,6-10,12-13H2,1H3. The van der Waals surface area contributed by atoms with Gasteiger partial charge in [0.1, 0.15) is 36.6 Å². The highest BCUT2D eigenvalue weighted by Gasteiger charge is 2.35. The van der Waals surface area contributed by atoms with Crippen LogP contribution in [-0.2, 0) is 16.6 Å². The van der Waals surface area contributed by atoms with Crippen molar-refractivity contribution < 1.29 is 23.5 Å². The van der Waals surface area contributed by atoms with E-state index in [0.29, 0.717) is 31.1 Å². The Hall–Kier alpha value is -2.94. The van der Waals surface area contributed by atoms with Crippen LogP contribution in [0.25, 0.3) is 0 Å². The third-order valence-electron chi connectivity index (χ3n) is 5.53. The fourth-order valence-corrected chi connectivity index (χ4v) is 3.89. The van der Waals surface area contributed by atoms with E-state index in [2.05, 4.69) is 4.98 Å². The van der Waals surface area contributed by atoms with Crippen LogP contribution < -0.4 is 4.74 Å². The number of nitrogens with zero attached hydrogens (tertiary/aromatic N) is 4. The van der Waals surface area contributed by atoms with E-state index < -0.39 is 0 Å². The number of carbonyl (C=O) groups is 2. The number of piperidine rings is 1. The van der Waals surface area contributed by atoms with E-state index in [0.717, 1.165) is 12.8 Å². The quantitative estimate of drug-likeness (QED) is 0.738. The van der Waals surface area contributed by atoms with Crippen molar-refractivity contribution in [2.75, 3.05) is 32.8 Å². The summed E-state index contributed by atoms with van der Waals surface area (Å²) in [7, 11) is 1.83. The molecule has 30 heavy (non-hydrogen) atoms. The summed E-state index contributed by atoms with van der Waals surface area (Å²) in [5.74, 6) is 0.126. The van der Waals surface area contributed by atoms with E-state index in [1.807, 2.05) is 11.9 Å². The minimum Gasteiger partial charge on any atom is -0.491 e. The number of carbonyl (C=O) groups excluding carboxylic acids is 2. The lowest BCUT2D eigenvalue weighted by Crippen LogP contribution is -2.55. The fourth-order valence-electron chi connectivity index (χ4n) is 3.89. The van der Waals surface area contributed by atoms with Crippen molar-refractivity contribution in [3.05, 3.63) is 48.3 Å². The molecule has 1 aromatic heterocycles. The second kappa shape index (κ2) is 8.83. The van der Waals surface area contributed by atoms with E-state index in [4.69, 9.17) is 9.47 Å². The summed E-state index contributed by atoms with van der Waals surface area (Å²) in [6.45, 7) is 1.92. The maximum absolute atomic E-state index is 13.0. The zero-order chi connectivity index (χ0) is 21.1. The summed E-state index contributed by atoms with van der Waals surface area (Å²) >= 11 is 0. The van der Waals surface area contributed by atoms with Gasteiger partial charge < -0.3 is 23.8 Å². The van der Waals surface area contributed by atoms with Gasteiger partial charge in [0, 0.05) is 32.4 Å². The first-order chi connectivity index (χ1) is 14.5. The van der Waals surface area contributed by atoms with Crippen molar-refractivity contribution >= 4 is 11.8 Å². The molecule has 1 aromatic carbocycles. The number of imidazole rings is 1. The number of amides is 2. The van der Waals surface area contributed by atoms with E-state index in [1.165, 1.54) is 12.1 Å². The zero-order valence-electron chi connectivity index (χ0n) is 16.9. The first-order valence-electron chi connectivity index (χ1n) is 10.1. The fraction of sp³-hybridized carbons (Fsp3) is 0.476.